The van der Waals surface area contributed by atoms with Crippen LogP contribution in [0.3, 0.4) is 0 Å². The number of hydrogen-bond donors (Lipinski definition) is 1. The molecule has 0 saturated heterocycles. The van der Waals surface area contributed by atoms with Crippen molar-refractivity contribution < 1.29 is 14.6 Å². The van der Waals surface area contributed by atoms with E-state index in [0.29, 0.717) is 11.6 Å². The fourth-order valence-corrected chi connectivity index (χ4v) is 1.56. The molecule has 90 valence electrons. The van der Waals surface area contributed by atoms with Crippen LogP contribution in [0.2, 0.25) is 0 Å². The van der Waals surface area contributed by atoms with E-state index in [4.69, 9.17) is 9.47 Å². The summed E-state index contributed by atoms with van der Waals surface area (Å²) in [7, 11) is 3.08. The summed E-state index contributed by atoms with van der Waals surface area (Å²) in [5, 5.41) is 10.1. The third-order valence-electron chi connectivity index (χ3n) is 2.39. The SMILES string of the molecule is CCCC(OC)C(O)c1nccnc1OC. The van der Waals surface area contributed by atoms with Crippen molar-refractivity contribution in [2.45, 2.75) is 32.0 Å². The molecule has 0 saturated carbocycles. The monoisotopic (exact) mass is 226 g/mol. The smallest absolute Gasteiger partial charge is 0.238 e. The molecule has 2 atom stereocenters. The van der Waals surface area contributed by atoms with E-state index in [1.165, 1.54) is 19.5 Å². The summed E-state index contributed by atoms with van der Waals surface area (Å²) in [6.45, 7) is 2.03. The number of rotatable bonds is 6. The van der Waals surface area contributed by atoms with Gasteiger partial charge >= 0.3 is 0 Å². The number of methoxy groups -OCH3 is 2. The number of aliphatic hydroxyl groups excluding tert-OH is 1. The van der Waals surface area contributed by atoms with Crippen LogP contribution in [0.25, 0.3) is 0 Å². The van der Waals surface area contributed by atoms with Crippen LogP contribution >= 0.6 is 0 Å². The predicted molar refractivity (Wildman–Crippen MR) is 59.2 cm³/mol. The summed E-state index contributed by atoms with van der Waals surface area (Å²) in [6, 6.07) is 0. The number of ether oxygens (including phenoxy) is 2. The zero-order valence-corrected chi connectivity index (χ0v) is 9.88. The van der Waals surface area contributed by atoms with Gasteiger partial charge in [-0.1, -0.05) is 13.3 Å². The normalized spacial score (nSPS) is 14.5. The molecule has 1 N–H and O–H groups in total. The van der Waals surface area contributed by atoms with Crippen LogP contribution in [0.5, 0.6) is 5.88 Å². The van der Waals surface area contributed by atoms with Crippen molar-refractivity contribution in [2.24, 2.45) is 0 Å². The molecule has 0 aliphatic heterocycles. The van der Waals surface area contributed by atoms with Crippen LogP contribution in [-0.4, -0.2) is 35.4 Å². The average Bonchev–Trinajstić information content (AvgIpc) is 2.35. The molecule has 2 unspecified atom stereocenters. The second-order valence-electron chi connectivity index (χ2n) is 3.46. The van der Waals surface area contributed by atoms with Gasteiger partial charge in [-0.3, -0.25) is 4.98 Å². The molecular weight excluding hydrogens is 208 g/mol. The summed E-state index contributed by atoms with van der Waals surface area (Å²) >= 11 is 0. The quantitative estimate of drug-likeness (QED) is 0.792. The van der Waals surface area contributed by atoms with Crippen molar-refractivity contribution in [3.63, 3.8) is 0 Å². The molecule has 5 nitrogen and oxygen atoms in total. The minimum Gasteiger partial charge on any atom is -0.480 e. The molecule has 5 heteroatoms. The summed E-state index contributed by atoms with van der Waals surface area (Å²) in [4.78, 5) is 8.08. The van der Waals surface area contributed by atoms with Crippen LogP contribution in [0, 0.1) is 0 Å². The maximum Gasteiger partial charge on any atom is 0.238 e. The van der Waals surface area contributed by atoms with Crippen LogP contribution in [0.15, 0.2) is 12.4 Å². The van der Waals surface area contributed by atoms with Crippen LogP contribution in [0.4, 0.5) is 0 Å². The van der Waals surface area contributed by atoms with E-state index in [0.717, 1.165) is 12.8 Å². The zero-order chi connectivity index (χ0) is 12.0. The lowest BCUT2D eigenvalue weighted by Crippen LogP contribution is -2.22. The van der Waals surface area contributed by atoms with Crippen molar-refractivity contribution in [1.82, 2.24) is 9.97 Å². The second-order valence-corrected chi connectivity index (χ2v) is 3.46. The molecule has 0 bridgehead atoms. The van der Waals surface area contributed by atoms with Gasteiger partial charge in [-0.05, 0) is 6.42 Å². The lowest BCUT2D eigenvalue weighted by Gasteiger charge is -2.21. The number of aliphatic hydroxyl groups is 1. The van der Waals surface area contributed by atoms with Gasteiger partial charge in [-0.25, -0.2) is 4.98 Å². The molecule has 0 aliphatic carbocycles. The third kappa shape index (κ3) is 2.90. The molecule has 0 fully saturated rings. The first-order chi connectivity index (χ1) is 7.74. The fraction of sp³-hybridized carbons (Fsp3) is 0.636. The highest BCUT2D eigenvalue weighted by atomic mass is 16.5. The van der Waals surface area contributed by atoms with Crippen molar-refractivity contribution in [2.75, 3.05) is 14.2 Å². The van der Waals surface area contributed by atoms with Gasteiger partial charge in [0.2, 0.25) is 5.88 Å². The number of nitrogens with zero attached hydrogens (tertiary/aromatic N) is 2. The summed E-state index contributed by atoms with van der Waals surface area (Å²) in [5.41, 5.74) is 0.422. The lowest BCUT2D eigenvalue weighted by molar-refractivity contribution is -0.0213. The van der Waals surface area contributed by atoms with Gasteiger partial charge in [0.1, 0.15) is 11.8 Å². The van der Waals surface area contributed by atoms with E-state index in [1.54, 1.807) is 7.11 Å². The molecule has 1 rings (SSSR count). The van der Waals surface area contributed by atoms with E-state index in [-0.39, 0.29) is 6.10 Å². The van der Waals surface area contributed by atoms with Crippen LogP contribution in [0.1, 0.15) is 31.6 Å². The lowest BCUT2D eigenvalue weighted by atomic mass is 10.1. The molecule has 0 spiro atoms. The second kappa shape index (κ2) is 6.40. The van der Waals surface area contributed by atoms with Crippen LogP contribution in [-0.2, 0) is 4.74 Å². The topological polar surface area (TPSA) is 64.5 Å². The van der Waals surface area contributed by atoms with E-state index in [2.05, 4.69) is 9.97 Å². The summed E-state index contributed by atoms with van der Waals surface area (Å²) in [6.07, 6.45) is 3.65. The predicted octanol–water partition coefficient (Wildman–Crippen LogP) is 1.33. The first-order valence-electron chi connectivity index (χ1n) is 5.30. The Morgan fingerprint density at radius 1 is 1.31 bits per heavy atom. The molecule has 1 aromatic heterocycles. The molecular formula is C11H18N2O3. The van der Waals surface area contributed by atoms with Crippen molar-refractivity contribution in [1.29, 1.82) is 0 Å². The van der Waals surface area contributed by atoms with Crippen molar-refractivity contribution in [3.8, 4) is 5.88 Å². The largest absolute Gasteiger partial charge is 0.480 e. The van der Waals surface area contributed by atoms with Gasteiger partial charge in [0, 0.05) is 19.5 Å². The van der Waals surface area contributed by atoms with E-state index < -0.39 is 6.10 Å². The highest BCUT2D eigenvalue weighted by Crippen LogP contribution is 2.25. The Bertz CT molecular complexity index is 320. The van der Waals surface area contributed by atoms with E-state index in [1.807, 2.05) is 6.92 Å². The van der Waals surface area contributed by atoms with E-state index in [9.17, 15) is 5.11 Å². The molecule has 1 heterocycles. The van der Waals surface area contributed by atoms with E-state index >= 15 is 0 Å². The molecule has 16 heavy (non-hydrogen) atoms. The summed E-state index contributed by atoms with van der Waals surface area (Å²) in [5.74, 6) is 0.341. The maximum atomic E-state index is 10.1. The molecule has 0 amide bonds. The average molecular weight is 226 g/mol. The minimum atomic E-state index is -0.811. The Hall–Kier alpha value is -1.20. The van der Waals surface area contributed by atoms with Gasteiger partial charge < -0.3 is 14.6 Å². The zero-order valence-electron chi connectivity index (χ0n) is 9.88. The molecule has 1 aromatic rings. The van der Waals surface area contributed by atoms with Gasteiger partial charge in [-0.2, -0.15) is 0 Å². The van der Waals surface area contributed by atoms with Crippen molar-refractivity contribution >= 4 is 0 Å². The first kappa shape index (κ1) is 12.9. The Labute approximate surface area is 95.4 Å². The Kier molecular flexibility index (Phi) is 5.14. The summed E-state index contributed by atoms with van der Waals surface area (Å²) < 4.78 is 10.3. The Balaban J connectivity index is 2.88. The Morgan fingerprint density at radius 2 is 2.00 bits per heavy atom. The van der Waals surface area contributed by atoms with Gasteiger partial charge in [-0.15, -0.1) is 0 Å². The fourth-order valence-electron chi connectivity index (χ4n) is 1.56. The van der Waals surface area contributed by atoms with Crippen LogP contribution < -0.4 is 4.74 Å². The molecule has 0 aliphatic rings. The number of aromatic nitrogens is 2. The first-order valence-corrected chi connectivity index (χ1v) is 5.30. The standard InChI is InChI=1S/C11H18N2O3/c1-4-5-8(15-2)10(14)9-11(16-3)13-7-6-12-9/h6-8,10,14H,4-5H2,1-3H3. The highest BCUT2D eigenvalue weighted by molar-refractivity contribution is 5.20. The van der Waals surface area contributed by atoms with Gasteiger partial charge in [0.25, 0.3) is 0 Å². The van der Waals surface area contributed by atoms with Crippen molar-refractivity contribution in [3.05, 3.63) is 18.1 Å². The van der Waals surface area contributed by atoms with Gasteiger partial charge in [0.15, 0.2) is 0 Å². The van der Waals surface area contributed by atoms with Gasteiger partial charge in [0.05, 0.1) is 13.2 Å². The molecule has 0 aromatic carbocycles. The minimum absolute atomic E-state index is 0.282. The Morgan fingerprint density at radius 3 is 2.56 bits per heavy atom. The number of hydrogen-bond acceptors (Lipinski definition) is 5. The highest BCUT2D eigenvalue weighted by Gasteiger charge is 2.24. The molecule has 0 radical (unpaired) electrons. The third-order valence-corrected chi connectivity index (χ3v) is 2.39. The maximum absolute atomic E-state index is 10.1.